The van der Waals surface area contributed by atoms with Crippen molar-refractivity contribution in [2.75, 3.05) is 32.0 Å². The molecule has 2 amide bonds. The van der Waals surface area contributed by atoms with Crippen molar-refractivity contribution in [2.45, 2.75) is 24.7 Å². The van der Waals surface area contributed by atoms with Crippen LogP contribution in [0.25, 0.3) is 0 Å². The van der Waals surface area contributed by atoms with Crippen molar-refractivity contribution in [1.82, 2.24) is 9.21 Å². The maximum absolute atomic E-state index is 12.7. The molecule has 0 unspecified atom stereocenters. The summed E-state index contributed by atoms with van der Waals surface area (Å²) in [6.07, 6.45) is 1.62. The van der Waals surface area contributed by atoms with Crippen LogP contribution in [0.15, 0.2) is 39.6 Å². The van der Waals surface area contributed by atoms with Crippen molar-refractivity contribution in [1.29, 1.82) is 0 Å². The molecule has 0 radical (unpaired) electrons. The Balaban J connectivity index is 1.69. The van der Waals surface area contributed by atoms with Crippen LogP contribution in [0, 0.1) is 6.92 Å². The fourth-order valence-corrected chi connectivity index (χ4v) is 5.00. The SMILES string of the molecule is Cc1oc(C(=O)N(C)CC(=O)Nc2cccc(Cl)c2)cc1S(=O)(=O)N1CCCC1. The van der Waals surface area contributed by atoms with Crippen molar-refractivity contribution in [3.05, 3.63) is 46.9 Å². The van der Waals surface area contributed by atoms with Gasteiger partial charge in [-0.15, -0.1) is 0 Å². The minimum Gasteiger partial charge on any atom is -0.455 e. The van der Waals surface area contributed by atoms with Gasteiger partial charge in [0.2, 0.25) is 15.9 Å². The molecular formula is C19H22ClN3O5S. The van der Waals surface area contributed by atoms with E-state index in [2.05, 4.69) is 5.32 Å². The van der Waals surface area contributed by atoms with Gasteiger partial charge >= 0.3 is 0 Å². The zero-order chi connectivity index (χ0) is 21.2. The number of amides is 2. The molecule has 0 bridgehead atoms. The normalized spacial score (nSPS) is 14.7. The van der Waals surface area contributed by atoms with E-state index >= 15 is 0 Å². The van der Waals surface area contributed by atoms with Gasteiger partial charge in [-0.1, -0.05) is 17.7 Å². The molecule has 29 heavy (non-hydrogen) atoms. The van der Waals surface area contributed by atoms with Crippen molar-refractivity contribution in [2.24, 2.45) is 0 Å². The summed E-state index contributed by atoms with van der Waals surface area (Å²) in [5, 5.41) is 3.12. The monoisotopic (exact) mass is 439 g/mol. The average molecular weight is 440 g/mol. The first kappa shape index (κ1) is 21.4. The van der Waals surface area contributed by atoms with Gasteiger partial charge in [0, 0.05) is 36.9 Å². The molecule has 1 saturated heterocycles. The number of anilines is 1. The molecule has 0 saturated carbocycles. The molecule has 8 nitrogen and oxygen atoms in total. The molecule has 3 rings (SSSR count). The molecule has 0 aliphatic carbocycles. The lowest BCUT2D eigenvalue weighted by molar-refractivity contribution is -0.116. The van der Waals surface area contributed by atoms with E-state index < -0.39 is 21.8 Å². The van der Waals surface area contributed by atoms with E-state index in [0.29, 0.717) is 23.8 Å². The van der Waals surface area contributed by atoms with E-state index in [1.54, 1.807) is 24.3 Å². The zero-order valence-electron chi connectivity index (χ0n) is 16.1. The Bertz CT molecular complexity index is 1030. The van der Waals surface area contributed by atoms with E-state index in [1.807, 2.05) is 0 Å². The van der Waals surface area contributed by atoms with E-state index in [0.717, 1.165) is 17.7 Å². The van der Waals surface area contributed by atoms with Gasteiger partial charge < -0.3 is 14.6 Å². The number of aryl methyl sites for hydroxylation is 1. The van der Waals surface area contributed by atoms with Crippen molar-refractivity contribution in [3.63, 3.8) is 0 Å². The average Bonchev–Trinajstić information content (AvgIpc) is 3.31. The Kier molecular flexibility index (Phi) is 6.30. The lowest BCUT2D eigenvalue weighted by Gasteiger charge is -2.15. The smallest absolute Gasteiger partial charge is 0.289 e. The highest BCUT2D eigenvalue weighted by molar-refractivity contribution is 7.89. The van der Waals surface area contributed by atoms with Gasteiger partial charge in [0.15, 0.2) is 5.76 Å². The van der Waals surface area contributed by atoms with E-state index in [4.69, 9.17) is 16.0 Å². The summed E-state index contributed by atoms with van der Waals surface area (Å²) >= 11 is 5.88. The molecule has 156 valence electrons. The first-order valence-electron chi connectivity index (χ1n) is 9.10. The van der Waals surface area contributed by atoms with Gasteiger partial charge in [-0.2, -0.15) is 4.31 Å². The van der Waals surface area contributed by atoms with Crippen LogP contribution in [0.5, 0.6) is 0 Å². The number of rotatable bonds is 6. The summed E-state index contributed by atoms with van der Waals surface area (Å²) in [7, 11) is -2.26. The van der Waals surface area contributed by atoms with Gasteiger partial charge in [-0.3, -0.25) is 9.59 Å². The second-order valence-corrected chi connectivity index (χ2v) is 9.20. The fourth-order valence-electron chi connectivity index (χ4n) is 3.14. The summed E-state index contributed by atoms with van der Waals surface area (Å²) in [6.45, 7) is 2.19. The Labute approximate surface area is 174 Å². The fraction of sp³-hybridized carbons (Fsp3) is 0.368. The molecule has 1 aliphatic rings. The predicted molar refractivity (Wildman–Crippen MR) is 108 cm³/mol. The number of benzene rings is 1. The van der Waals surface area contributed by atoms with Crippen LogP contribution in [0.4, 0.5) is 5.69 Å². The third-order valence-corrected chi connectivity index (χ3v) is 6.84. The largest absolute Gasteiger partial charge is 0.455 e. The number of nitrogens with zero attached hydrogens (tertiary/aromatic N) is 2. The maximum Gasteiger partial charge on any atom is 0.289 e. The highest BCUT2D eigenvalue weighted by Crippen LogP contribution is 2.26. The van der Waals surface area contributed by atoms with Crippen LogP contribution in [-0.2, 0) is 14.8 Å². The lowest BCUT2D eigenvalue weighted by atomic mass is 10.3. The van der Waals surface area contributed by atoms with E-state index in [-0.39, 0.29) is 23.0 Å². The lowest BCUT2D eigenvalue weighted by Crippen LogP contribution is -2.34. The number of halogens is 1. The molecule has 1 fully saturated rings. The number of sulfonamides is 1. The molecule has 2 heterocycles. The second-order valence-electron chi connectivity index (χ2n) is 6.86. The highest BCUT2D eigenvalue weighted by atomic mass is 35.5. The zero-order valence-corrected chi connectivity index (χ0v) is 17.7. The molecule has 1 aromatic heterocycles. The van der Waals surface area contributed by atoms with Crippen LogP contribution in [-0.4, -0.2) is 56.1 Å². The second kappa shape index (κ2) is 8.56. The standard InChI is InChI=1S/C19H22ClN3O5S/c1-13-17(29(26,27)23-8-3-4-9-23)11-16(28-13)19(25)22(2)12-18(24)21-15-7-5-6-14(20)10-15/h5-7,10-11H,3-4,8-9,12H2,1-2H3,(H,21,24). The van der Waals surface area contributed by atoms with Crippen LogP contribution in [0.3, 0.4) is 0 Å². The van der Waals surface area contributed by atoms with E-state index in [9.17, 15) is 18.0 Å². The number of furan rings is 1. The van der Waals surface area contributed by atoms with Crippen molar-refractivity contribution >= 4 is 39.1 Å². The minimum absolute atomic E-state index is 0.0143. The molecule has 1 aliphatic heterocycles. The number of likely N-dealkylation sites (N-methyl/N-ethyl adjacent to an activating group) is 1. The summed E-state index contributed by atoms with van der Waals surface area (Å²) in [6, 6.07) is 7.88. The first-order chi connectivity index (χ1) is 13.7. The quantitative estimate of drug-likeness (QED) is 0.745. The molecule has 0 atom stereocenters. The summed E-state index contributed by atoms with van der Waals surface area (Å²) < 4.78 is 32.3. The van der Waals surface area contributed by atoms with Gasteiger partial charge in [0.1, 0.15) is 10.7 Å². The Hall–Kier alpha value is -2.36. The Morgan fingerprint density at radius 2 is 1.93 bits per heavy atom. The molecule has 0 spiro atoms. The number of hydrogen-bond acceptors (Lipinski definition) is 5. The van der Waals surface area contributed by atoms with Gasteiger partial charge in [-0.05, 0) is 38.0 Å². The third kappa shape index (κ3) is 4.80. The van der Waals surface area contributed by atoms with E-state index in [1.165, 1.54) is 24.3 Å². The Morgan fingerprint density at radius 3 is 2.59 bits per heavy atom. The summed E-state index contributed by atoms with van der Waals surface area (Å²) in [5.74, 6) is -0.983. The van der Waals surface area contributed by atoms with Gasteiger partial charge in [-0.25, -0.2) is 8.42 Å². The highest BCUT2D eigenvalue weighted by Gasteiger charge is 2.32. The molecule has 10 heteroatoms. The van der Waals surface area contributed by atoms with Gasteiger partial charge in [0.05, 0.1) is 6.54 Å². The van der Waals surface area contributed by atoms with Crippen LogP contribution >= 0.6 is 11.6 Å². The molecule has 1 N–H and O–H groups in total. The predicted octanol–water partition coefficient (Wildman–Crippen LogP) is 2.74. The molecule has 2 aromatic rings. The van der Waals surface area contributed by atoms with Gasteiger partial charge in [0.25, 0.3) is 5.91 Å². The van der Waals surface area contributed by atoms with Crippen LogP contribution in [0.1, 0.15) is 29.2 Å². The number of hydrogen-bond donors (Lipinski definition) is 1. The minimum atomic E-state index is -3.70. The Morgan fingerprint density at radius 1 is 1.24 bits per heavy atom. The summed E-state index contributed by atoms with van der Waals surface area (Å²) in [4.78, 5) is 26.0. The first-order valence-corrected chi connectivity index (χ1v) is 10.9. The van der Waals surface area contributed by atoms with Crippen LogP contribution in [0.2, 0.25) is 5.02 Å². The number of nitrogens with one attached hydrogen (secondary N) is 1. The maximum atomic E-state index is 12.7. The van der Waals surface area contributed by atoms with Crippen molar-refractivity contribution in [3.8, 4) is 0 Å². The molecular weight excluding hydrogens is 418 g/mol. The van der Waals surface area contributed by atoms with Crippen molar-refractivity contribution < 1.29 is 22.4 Å². The molecule has 1 aromatic carbocycles. The topological polar surface area (TPSA) is 99.9 Å². The number of carbonyl (C=O) groups excluding carboxylic acids is 2. The van der Waals surface area contributed by atoms with Crippen LogP contribution < -0.4 is 5.32 Å². The summed E-state index contributed by atoms with van der Waals surface area (Å²) in [5.41, 5.74) is 0.510. The third-order valence-electron chi connectivity index (χ3n) is 4.60. The number of carbonyl (C=O) groups is 2.